The summed E-state index contributed by atoms with van der Waals surface area (Å²) >= 11 is 0. The van der Waals surface area contributed by atoms with Gasteiger partial charge in [-0.1, -0.05) is 60.7 Å². The minimum atomic E-state index is -0.878. The second-order valence-electron chi connectivity index (χ2n) is 9.10. The molecule has 0 heterocycles. The van der Waals surface area contributed by atoms with Crippen LogP contribution >= 0.6 is 0 Å². The second-order valence-corrected chi connectivity index (χ2v) is 9.10. The van der Waals surface area contributed by atoms with Crippen molar-refractivity contribution < 1.29 is 29.0 Å². The standard InChI is InChI=1S/C32H24O6/c33-19-38-16-15-21-6-2-4-8-25(21)23-10-13-27-29(18-23)32(37)28-17-22(9-12-26(28)31(27)36)24-7-3-1-5-20(24)11-14-30(34)35/h1-10,12-13,17-19H,11,14-16H2,(H,34,35). The first-order valence-corrected chi connectivity index (χ1v) is 12.3. The average molecular weight is 505 g/mol. The zero-order valence-electron chi connectivity index (χ0n) is 20.5. The molecule has 1 aliphatic rings. The van der Waals surface area contributed by atoms with Crippen molar-refractivity contribution in [1.82, 2.24) is 0 Å². The zero-order chi connectivity index (χ0) is 26.6. The highest BCUT2D eigenvalue weighted by atomic mass is 16.5. The maximum absolute atomic E-state index is 13.7. The van der Waals surface area contributed by atoms with Gasteiger partial charge in [0.15, 0.2) is 11.6 Å². The van der Waals surface area contributed by atoms with E-state index in [2.05, 4.69) is 0 Å². The quantitative estimate of drug-likeness (QED) is 0.209. The molecule has 0 saturated carbocycles. The number of carbonyl (C=O) groups is 4. The van der Waals surface area contributed by atoms with Crippen LogP contribution in [0.4, 0.5) is 0 Å². The van der Waals surface area contributed by atoms with Crippen molar-refractivity contribution in [3.63, 3.8) is 0 Å². The van der Waals surface area contributed by atoms with E-state index in [1.165, 1.54) is 0 Å². The van der Waals surface area contributed by atoms with E-state index < -0.39 is 5.97 Å². The van der Waals surface area contributed by atoms with E-state index in [-0.39, 0.29) is 24.6 Å². The van der Waals surface area contributed by atoms with E-state index in [0.717, 1.165) is 33.4 Å². The molecule has 5 rings (SSSR count). The maximum Gasteiger partial charge on any atom is 0.303 e. The van der Waals surface area contributed by atoms with Crippen LogP contribution in [0.2, 0.25) is 0 Å². The van der Waals surface area contributed by atoms with E-state index in [4.69, 9.17) is 9.84 Å². The van der Waals surface area contributed by atoms with Crippen LogP contribution in [0, 0.1) is 0 Å². The third-order valence-corrected chi connectivity index (χ3v) is 6.84. The van der Waals surface area contributed by atoms with Gasteiger partial charge >= 0.3 is 5.97 Å². The third-order valence-electron chi connectivity index (χ3n) is 6.84. The summed E-state index contributed by atoms with van der Waals surface area (Å²) in [6.07, 6.45) is 0.879. The Morgan fingerprint density at radius 1 is 0.658 bits per heavy atom. The lowest BCUT2D eigenvalue weighted by Gasteiger charge is -2.20. The monoisotopic (exact) mass is 504 g/mol. The number of hydrogen-bond acceptors (Lipinski definition) is 5. The highest BCUT2D eigenvalue weighted by Gasteiger charge is 2.30. The first-order valence-electron chi connectivity index (χ1n) is 12.3. The smallest absolute Gasteiger partial charge is 0.303 e. The lowest BCUT2D eigenvalue weighted by atomic mass is 9.81. The molecule has 0 atom stereocenters. The second kappa shape index (κ2) is 10.6. The molecule has 188 valence electrons. The van der Waals surface area contributed by atoms with Crippen molar-refractivity contribution >= 4 is 24.0 Å². The Labute approximate surface area is 219 Å². The number of benzene rings is 4. The molecule has 38 heavy (non-hydrogen) atoms. The molecule has 1 N–H and O–H groups in total. The SMILES string of the molecule is O=COCCc1ccccc1-c1ccc2c(c1)C(=O)c1cc(-c3ccccc3CCC(=O)O)ccc1C2=O. The van der Waals surface area contributed by atoms with Gasteiger partial charge in [-0.2, -0.15) is 0 Å². The number of carboxylic acids is 1. The number of fused-ring (bicyclic) bond motifs is 2. The third kappa shape index (κ3) is 4.76. The Morgan fingerprint density at radius 2 is 1.16 bits per heavy atom. The number of aliphatic carboxylic acids is 1. The van der Waals surface area contributed by atoms with Crippen molar-refractivity contribution in [1.29, 1.82) is 0 Å². The normalized spacial score (nSPS) is 12.0. The van der Waals surface area contributed by atoms with Crippen LogP contribution < -0.4 is 0 Å². The van der Waals surface area contributed by atoms with E-state index in [0.29, 0.717) is 41.6 Å². The summed E-state index contributed by atoms with van der Waals surface area (Å²) in [5.74, 6) is -1.32. The Balaban J connectivity index is 1.53. The van der Waals surface area contributed by atoms with Gasteiger partial charge in [-0.3, -0.25) is 19.2 Å². The van der Waals surface area contributed by atoms with Gasteiger partial charge in [-0.25, -0.2) is 0 Å². The van der Waals surface area contributed by atoms with Crippen LogP contribution in [0.25, 0.3) is 22.3 Å². The number of rotatable bonds is 9. The molecule has 6 nitrogen and oxygen atoms in total. The highest BCUT2D eigenvalue weighted by molar-refractivity contribution is 6.29. The average Bonchev–Trinajstić information content (AvgIpc) is 2.95. The lowest BCUT2D eigenvalue weighted by molar-refractivity contribution is -0.137. The Morgan fingerprint density at radius 3 is 1.68 bits per heavy atom. The van der Waals surface area contributed by atoms with Crippen molar-refractivity contribution in [2.24, 2.45) is 0 Å². The minimum absolute atomic E-state index is 0.00172. The topological polar surface area (TPSA) is 97.7 Å². The summed E-state index contributed by atoms with van der Waals surface area (Å²) in [7, 11) is 0. The summed E-state index contributed by atoms with van der Waals surface area (Å²) in [6, 6.07) is 25.7. The van der Waals surface area contributed by atoms with E-state index >= 15 is 0 Å². The lowest BCUT2D eigenvalue weighted by Crippen LogP contribution is -2.21. The molecule has 4 aromatic carbocycles. The molecule has 0 fully saturated rings. The molecule has 0 radical (unpaired) electrons. The number of ketones is 2. The Hall–Kier alpha value is -4.84. The van der Waals surface area contributed by atoms with Gasteiger partial charge in [0, 0.05) is 35.1 Å². The first-order chi connectivity index (χ1) is 18.5. The molecule has 0 aromatic heterocycles. The summed E-state index contributed by atoms with van der Waals surface area (Å²) in [5, 5.41) is 9.12. The molecule has 0 bridgehead atoms. The van der Waals surface area contributed by atoms with Crippen molar-refractivity contribution in [2.45, 2.75) is 19.3 Å². The molecule has 0 saturated heterocycles. The molecule has 0 spiro atoms. The van der Waals surface area contributed by atoms with Crippen LogP contribution in [0.15, 0.2) is 84.9 Å². The largest absolute Gasteiger partial charge is 0.481 e. The van der Waals surface area contributed by atoms with Gasteiger partial charge in [-0.05, 0) is 64.1 Å². The molecular weight excluding hydrogens is 480 g/mol. The molecule has 1 aliphatic carbocycles. The highest BCUT2D eigenvalue weighted by Crippen LogP contribution is 2.35. The Kier molecular flexibility index (Phi) is 6.96. The number of hydrogen-bond donors (Lipinski definition) is 1. The molecule has 6 heteroatoms. The Bertz CT molecular complexity index is 1580. The van der Waals surface area contributed by atoms with Crippen LogP contribution in [0.1, 0.15) is 49.4 Å². The predicted molar refractivity (Wildman–Crippen MR) is 142 cm³/mol. The van der Waals surface area contributed by atoms with E-state index in [9.17, 15) is 19.2 Å². The van der Waals surface area contributed by atoms with Crippen molar-refractivity contribution in [3.8, 4) is 22.3 Å². The number of carboxylic acid groups (broad SMARTS) is 1. The van der Waals surface area contributed by atoms with E-state index in [1.807, 2.05) is 54.6 Å². The van der Waals surface area contributed by atoms with Gasteiger partial charge in [0.05, 0.1) is 6.61 Å². The number of aryl methyl sites for hydroxylation is 1. The van der Waals surface area contributed by atoms with Gasteiger partial charge in [-0.15, -0.1) is 0 Å². The molecule has 0 unspecified atom stereocenters. The van der Waals surface area contributed by atoms with Gasteiger partial charge < -0.3 is 9.84 Å². The molecule has 4 aromatic rings. The fourth-order valence-electron chi connectivity index (χ4n) is 4.98. The van der Waals surface area contributed by atoms with Crippen LogP contribution in [0.3, 0.4) is 0 Å². The van der Waals surface area contributed by atoms with Crippen LogP contribution in [-0.4, -0.2) is 35.7 Å². The van der Waals surface area contributed by atoms with Crippen LogP contribution in [-0.2, 0) is 27.2 Å². The zero-order valence-corrected chi connectivity index (χ0v) is 20.5. The van der Waals surface area contributed by atoms with Crippen LogP contribution in [0.5, 0.6) is 0 Å². The van der Waals surface area contributed by atoms with Gasteiger partial charge in [0.25, 0.3) is 6.47 Å². The minimum Gasteiger partial charge on any atom is -0.481 e. The summed E-state index contributed by atoms with van der Waals surface area (Å²) < 4.78 is 4.86. The molecule has 0 amide bonds. The van der Waals surface area contributed by atoms with Crippen molar-refractivity contribution in [3.05, 3.63) is 118 Å². The molecular formula is C32H24O6. The number of carbonyl (C=O) groups excluding carboxylic acids is 3. The summed E-state index contributed by atoms with van der Waals surface area (Å²) in [5.41, 5.74) is 6.51. The predicted octanol–water partition coefficient (Wildman–Crippen LogP) is 5.53. The van der Waals surface area contributed by atoms with Gasteiger partial charge in [0.2, 0.25) is 0 Å². The van der Waals surface area contributed by atoms with E-state index in [1.54, 1.807) is 30.3 Å². The van der Waals surface area contributed by atoms with Gasteiger partial charge in [0.1, 0.15) is 0 Å². The fraction of sp³-hybridized carbons (Fsp3) is 0.125. The maximum atomic E-state index is 13.7. The first kappa shape index (κ1) is 24.8. The molecule has 0 aliphatic heterocycles. The fourth-order valence-corrected chi connectivity index (χ4v) is 4.98. The van der Waals surface area contributed by atoms with Crippen molar-refractivity contribution in [2.75, 3.05) is 6.61 Å². The summed E-state index contributed by atoms with van der Waals surface area (Å²) in [4.78, 5) is 48.8. The number of ether oxygens (including phenoxy) is 1. The summed E-state index contributed by atoms with van der Waals surface area (Å²) in [6.45, 7) is 0.662.